The molecule has 1 fully saturated rings. The van der Waals surface area contributed by atoms with E-state index >= 15 is 0 Å². The van der Waals surface area contributed by atoms with Crippen molar-refractivity contribution in [1.29, 1.82) is 0 Å². The van der Waals surface area contributed by atoms with Gasteiger partial charge in [0.1, 0.15) is 16.5 Å². The highest BCUT2D eigenvalue weighted by Crippen LogP contribution is 2.25. The molecule has 0 bridgehead atoms. The highest BCUT2D eigenvalue weighted by molar-refractivity contribution is 7.90. The Balaban J connectivity index is 1.74. The van der Waals surface area contributed by atoms with E-state index in [4.69, 9.17) is 0 Å². The molecule has 0 amide bonds. The summed E-state index contributed by atoms with van der Waals surface area (Å²) < 4.78 is 23.6. The Labute approximate surface area is 136 Å². The molecule has 1 aliphatic heterocycles. The number of sulfone groups is 1. The zero-order valence-corrected chi connectivity index (χ0v) is 14.2. The fraction of sp³-hybridized carbons (Fsp3) is 0.533. The molecule has 2 aromatic heterocycles. The van der Waals surface area contributed by atoms with Crippen LogP contribution in [0.5, 0.6) is 0 Å². The van der Waals surface area contributed by atoms with Crippen molar-refractivity contribution in [2.24, 2.45) is 5.92 Å². The summed E-state index contributed by atoms with van der Waals surface area (Å²) in [5.41, 5.74) is 0.707. The quantitative estimate of drug-likeness (QED) is 0.907. The van der Waals surface area contributed by atoms with Gasteiger partial charge in [-0.3, -0.25) is 5.10 Å². The number of nitrogens with zero attached hydrogens (tertiary/aromatic N) is 4. The molecule has 3 rings (SSSR count). The minimum atomic E-state index is -3.24. The first kappa shape index (κ1) is 15.9. The molecule has 0 saturated carbocycles. The van der Waals surface area contributed by atoms with Crippen LogP contribution >= 0.6 is 0 Å². The van der Waals surface area contributed by atoms with E-state index in [1.54, 1.807) is 6.20 Å². The van der Waals surface area contributed by atoms with E-state index in [0.717, 1.165) is 37.6 Å². The number of aromatic amines is 1. The van der Waals surface area contributed by atoms with Crippen molar-refractivity contribution in [2.75, 3.05) is 24.2 Å². The molecule has 0 unspecified atom stereocenters. The lowest BCUT2D eigenvalue weighted by atomic mass is 9.93. The zero-order valence-electron chi connectivity index (χ0n) is 13.4. The molecule has 0 spiro atoms. The summed E-state index contributed by atoms with van der Waals surface area (Å²) >= 11 is 0. The molecule has 1 atom stereocenters. The second-order valence-corrected chi connectivity index (χ2v) is 8.09. The van der Waals surface area contributed by atoms with Gasteiger partial charge in [-0.25, -0.2) is 18.4 Å². The van der Waals surface area contributed by atoms with E-state index in [1.807, 2.05) is 13.0 Å². The van der Waals surface area contributed by atoms with Gasteiger partial charge in [0.05, 0.1) is 11.9 Å². The van der Waals surface area contributed by atoms with Crippen molar-refractivity contribution in [1.82, 2.24) is 20.2 Å². The number of nitrogens with one attached hydrogen (secondary N) is 1. The van der Waals surface area contributed by atoms with Crippen molar-refractivity contribution in [3.63, 3.8) is 0 Å². The number of hydrogen-bond acceptors (Lipinski definition) is 6. The molecule has 1 N–H and O–H groups in total. The van der Waals surface area contributed by atoms with Crippen LogP contribution in [0.2, 0.25) is 0 Å². The third-order valence-corrected chi connectivity index (χ3v) is 5.33. The maximum absolute atomic E-state index is 11.8. The summed E-state index contributed by atoms with van der Waals surface area (Å²) in [6.07, 6.45) is 7.22. The molecule has 1 saturated heterocycles. The van der Waals surface area contributed by atoms with Gasteiger partial charge in [0, 0.05) is 25.5 Å². The number of H-pyrrole nitrogens is 1. The van der Waals surface area contributed by atoms with Crippen LogP contribution in [-0.2, 0) is 16.3 Å². The van der Waals surface area contributed by atoms with Gasteiger partial charge < -0.3 is 4.90 Å². The first-order valence-electron chi connectivity index (χ1n) is 7.70. The minimum absolute atomic E-state index is 0.313. The zero-order chi connectivity index (χ0) is 16.4. The summed E-state index contributed by atoms with van der Waals surface area (Å²) in [7, 11) is -3.24. The molecule has 8 heteroatoms. The maximum atomic E-state index is 11.8. The van der Waals surface area contributed by atoms with Gasteiger partial charge in [0.15, 0.2) is 9.84 Å². The van der Waals surface area contributed by atoms with Crippen molar-refractivity contribution >= 4 is 15.7 Å². The van der Waals surface area contributed by atoms with Gasteiger partial charge in [0.2, 0.25) is 0 Å². The number of piperidine rings is 1. The average molecular weight is 335 g/mol. The normalized spacial score (nSPS) is 19.0. The van der Waals surface area contributed by atoms with Crippen molar-refractivity contribution in [3.8, 4) is 0 Å². The molecular weight excluding hydrogens is 314 g/mol. The lowest BCUT2D eigenvalue weighted by molar-refractivity contribution is 0.406. The van der Waals surface area contributed by atoms with E-state index in [1.165, 1.54) is 12.5 Å². The molecule has 0 aliphatic carbocycles. The SMILES string of the molecule is Cc1nccc(N2CCC[C@@H](Cc3[nH]ncc3S(C)(=O)=O)C2)n1. The Morgan fingerprint density at radius 3 is 3.00 bits per heavy atom. The van der Waals surface area contributed by atoms with Gasteiger partial charge >= 0.3 is 0 Å². The van der Waals surface area contributed by atoms with Gasteiger partial charge in [0.25, 0.3) is 0 Å². The monoisotopic (exact) mass is 335 g/mol. The molecule has 0 aromatic carbocycles. The van der Waals surface area contributed by atoms with Gasteiger partial charge in [-0.15, -0.1) is 0 Å². The molecule has 0 radical (unpaired) electrons. The van der Waals surface area contributed by atoms with Crippen LogP contribution in [0.25, 0.3) is 0 Å². The molecule has 1 aliphatic rings. The van der Waals surface area contributed by atoms with Crippen LogP contribution in [0.4, 0.5) is 5.82 Å². The molecule has 23 heavy (non-hydrogen) atoms. The summed E-state index contributed by atoms with van der Waals surface area (Å²) in [4.78, 5) is 11.2. The molecule has 2 aromatic rings. The van der Waals surface area contributed by atoms with E-state index < -0.39 is 9.84 Å². The highest BCUT2D eigenvalue weighted by atomic mass is 32.2. The predicted molar refractivity (Wildman–Crippen MR) is 87.1 cm³/mol. The molecule has 124 valence electrons. The second kappa shape index (κ2) is 6.27. The second-order valence-electron chi connectivity index (χ2n) is 6.11. The van der Waals surface area contributed by atoms with Crippen molar-refractivity contribution in [2.45, 2.75) is 31.1 Å². The van der Waals surface area contributed by atoms with Crippen LogP contribution in [0.3, 0.4) is 0 Å². The first-order chi connectivity index (χ1) is 10.9. The van der Waals surface area contributed by atoms with Gasteiger partial charge in [-0.2, -0.15) is 5.10 Å². The molecule has 7 nitrogen and oxygen atoms in total. The summed E-state index contributed by atoms with van der Waals surface area (Å²) in [6.45, 7) is 3.71. The van der Waals surface area contributed by atoms with Crippen LogP contribution in [0.15, 0.2) is 23.4 Å². The Morgan fingerprint density at radius 2 is 2.26 bits per heavy atom. The van der Waals surface area contributed by atoms with Crippen LogP contribution in [-0.4, -0.2) is 47.9 Å². The maximum Gasteiger partial charge on any atom is 0.178 e. The smallest absolute Gasteiger partial charge is 0.178 e. The van der Waals surface area contributed by atoms with E-state index in [9.17, 15) is 8.42 Å². The minimum Gasteiger partial charge on any atom is -0.356 e. The Bertz CT molecular complexity index is 787. The van der Waals surface area contributed by atoms with Crippen LogP contribution in [0, 0.1) is 12.8 Å². The van der Waals surface area contributed by atoms with Crippen LogP contribution in [0.1, 0.15) is 24.4 Å². The summed E-state index contributed by atoms with van der Waals surface area (Å²) in [6, 6.07) is 1.92. The van der Waals surface area contributed by atoms with Crippen molar-refractivity contribution < 1.29 is 8.42 Å². The third kappa shape index (κ3) is 3.69. The Morgan fingerprint density at radius 1 is 1.43 bits per heavy atom. The fourth-order valence-corrected chi connectivity index (χ4v) is 3.94. The Kier molecular flexibility index (Phi) is 4.34. The summed E-state index contributed by atoms with van der Waals surface area (Å²) in [5, 5.41) is 6.75. The van der Waals surface area contributed by atoms with Gasteiger partial charge in [-0.1, -0.05) is 0 Å². The fourth-order valence-electron chi connectivity index (χ4n) is 3.12. The Hall–Kier alpha value is -1.96. The standard InChI is InChI=1S/C15H21N5O2S/c1-11-16-6-5-15(18-11)20-7-3-4-12(10-20)8-13-14(9-17-19-13)23(2,21)22/h5-6,9,12H,3-4,7-8,10H2,1-2H3,(H,17,19)/t12-/m0/s1. The lowest BCUT2D eigenvalue weighted by Crippen LogP contribution is -2.37. The topological polar surface area (TPSA) is 91.8 Å². The van der Waals surface area contributed by atoms with E-state index in [2.05, 4.69) is 25.1 Å². The van der Waals surface area contributed by atoms with Crippen LogP contribution < -0.4 is 4.90 Å². The number of aryl methyl sites for hydroxylation is 1. The highest BCUT2D eigenvalue weighted by Gasteiger charge is 2.24. The van der Waals surface area contributed by atoms with E-state index in [0.29, 0.717) is 22.9 Å². The average Bonchev–Trinajstić information content (AvgIpc) is 2.96. The first-order valence-corrected chi connectivity index (χ1v) is 9.59. The predicted octanol–water partition coefficient (Wildman–Crippen LogP) is 1.37. The largest absolute Gasteiger partial charge is 0.356 e. The molecule has 3 heterocycles. The number of anilines is 1. The number of hydrogen-bond donors (Lipinski definition) is 1. The third-order valence-electron chi connectivity index (χ3n) is 4.18. The van der Waals surface area contributed by atoms with E-state index in [-0.39, 0.29) is 0 Å². The summed E-state index contributed by atoms with van der Waals surface area (Å²) in [5.74, 6) is 2.08. The lowest BCUT2D eigenvalue weighted by Gasteiger charge is -2.33. The number of rotatable bonds is 4. The molecular formula is C15H21N5O2S. The van der Waals surface area contributed by atoms with Gasteiger partial charge in [-0.05, 0) is 38.2 Å². The number of aromatic nitrogens is 4. The van der Waals surface area contributed by atoms with Crippen molar-refractivity contribution in [3.05, 3.63) is 30.0 Å².